The highest BCUT2D eigenvalue weighted by atomic mass is 35.5. The Bertz CT molecular complexity index is 741. The lowest BCUT2D eigenvalue weighted by Crippen LogP contribution is -2.43. The van der Waals surface area contributed by atoms with Gasteiger partial charge in [0, 0.05) is 35.9 Å². The van der Waals surface area contributed by atoms with Gasteiger partial charge in [-0.3, -0.25) is 0 Å². The Morgan fingerprint density at radius 1 is 1.13 bits per heavy atom. The van der Waals surface area contributed by atoms with Crippen LogP contribution in [-0.2, 0) is 0 Å². The van der Waals surface area contributed by atoms with Gasteiger partial charge in [-0.25, -0.2) is 0 Å². The molecular formula is C19H22ClN3. The minimum absolute atomic E-state index is 0.152. The fourth-order valence-electron chi connectivity index (χ4n) is 3.26. The fourth-order valence-corrected chi connectivity index (χ4v) is 3.54. The second-order valence-corrected chi connectivity index (χ2v) is 7.01. The van der Waals surface area contributed by atoms with Crippen molar-refractivity contribution in [2.24, 2.45) is 0 Å². The molecule has 3 heterocycles. The lowest BCUT2D eigenvalue weighted by Gasteiger charge is -2.37. The Labute approximate surface area is 142 Å². The largest absolute Gasteiger partial charge is 0.374 e. The zero-order valence-corrected chi connectivity index (χ0v) is 14.4. The van der Waals surface area contributed by atoms with E-state index >= 15 is 0 Å². The molecule has 1 unspecified atom stereocenters. The number of allylic oxidation sites excluding steroid dienone is 2. The summed E-state index contributed by atoms with van der Waals surface area (Å²) in [5, 5.41) is 8.00. The SMILES string of the molecule is Cc1cc2c(cc1C)C(Cl)=CC(C1=CC=C(N3CCC3)NC1)N2. The maximum atomic E-state index is 6.55. The fraction of sp³-hybridized carbons (Fsp3) is 0.368. The van der Waals surface area contributed by atoms with E-state index in [0.29, 0.717) is 0 Å². The third-order valence-corrected chi connectivity index (χ3v) is 5.37. The number of rotatable bonds is 2. The molecule has 0 amide bonds. The quantitative estimate of drug-likeness (QED) is 0.866. The summed E-state index contributed by atoms with van der Waals surface area (Å²) < 4.78 is 0. The summed E-state index contributed by atoms with van der Waals surface area (Å²) in [7, 11) is 0. The smallest absolute Gasteiger partial charge is 0.101 e. The van der Waals surface area contributed by atoms with E-state index in [1.54, 1.807) is 0 Å². The highest BCUT2D eigenvalue weighted by Crippen LogP contribution is 2.36. The molecule has 1 saturated heterocycles. The third kappa shape index (κ3) is 2.63. The lowest BCUT2D eigenvalue weighted by atomic mass is 9.95. The van der Waals surface area contributed by atoms with Crippen LogP contribution in [0.25, 0.3) is 5.03 Å². The van der Waals surface area contributed by atoms with E-state index in [9.17, 15) is 0 Å². The minimum Gasteiger partial charge on any atom is -0.374 e. The highest BCUT2D eigenvalue weighted by Gasteiger charge is 2.24. The lowest BCUT2D eigenvalue weighted by molar-refractivity contribution is 0.222. The molecule has 120 valence electrons. The second kappa shape index (κ2) is 5.64. The number of anilines is 1. The van der Waals surface area contributed by atoms with Gasteiger partial charge in [-0.2, -0.15) is 0 Å². The van der Waals surface area contributed by atoms with Crippen molar-refractivity contribution in [1.29, 1.82) is 0 Å². The molecule has 3 nitrogen and oxygen atoms in total. The molecule has 23 heavy (non-hydrogen) atoms. The molecular weight excluding hydrogens is 306 g/mol. The van der Waals surface area contributed by atoms with Crippen molar-refractivity contribution in [1.82, 2.24) is 10.2 Å². The normalized spacial score (nSPS) is 22.8. The van der Waals surface area contributed by atoms with E-state index in [1.165, 1.54) is 42.0 Å². The van der Waals surface area contributed by atoms with Gasteiger partial charge in [-0.15, -0.1) is 0 Å². The molecule has 2 N–H and O–H groups in total. The van der Waals surface area contributed by atoms with Gasteiger partial charge >= 0.3 is 0 Å². The van der Waals surface area contributed by atoms with E-state index in [0.717, 1.165) is 22.8 Å². The number of hydrogen-bond donors (Lipinski definition) is 2. The average molecular weight is 328 g/mol. The first kappa shape index (κ1) is 14.7. The van der Waals surface area contributed by atoms with Crippen LogP contribution in [0.5, 0.6) is 0 Å². The summed E-state index contributed by atoms with van der Waals surface area (Å²) in [6.45, 7) is 7.47. The van der Waals surface area contributed by atoms with Crippen molar-refractivity contribution in [3.8, 4) is 0 Å². The Hall–Kier alpha value is -1.87. The van der Waals surface area contributed by atoms with E-state index in [-0.39, 0.29) is 6.04 Å². The van der Waals surface area contributed by atoms with Gasteiger partial charge in [0.1, 0.15) is 5.82 Å². The Kier molecular flexibility index (Phi) is 3.61. The number of dihydropyridines is 1. The molecule has 0 saturated carbocycles. The standard InChI is InChI=1S/C19H22ClN3/c1-12-8-15-16(20)10-17(22-18(15)9-13(12)2)14-4-5-19(21-11-14)23-6-3-7-23/h4-5,8-10,17,21-22H,3,6-7,11H2,1-2H3. The molecule has 1 atom stereocenters. The van der Waals surface area contributed by atoms with Crippen molar-refractivity contribution >= 4 is 22.3 Å². The van der Waals surface area contributed by atoms with Crippen LogP contribution in [0.1, 0.15) is 23.1 Å². The zero-order chi connectivity index (χ0) is 16.0. The number of hydrogen-bond acceptors (Lipinski definition) is 3. The second-order valence-electron chi connectivity index (χ2n) is 6.61. The highest BCUT2D eigenvalue weighted by molar-refractivity contribution is 6.49. The first-order valence-corrected chi connectivity index (χ1v) is 8.64. The van der Waals surface area contributed by atoms with Crippen molar-refractivity contribution < 1.29 is 0 Å². The summed E-state index contributed by atoms with van der Waals surface area (Å²) in [5.41, 5.74) is 6.11. The first-order chi connectivity index (χ1) is 11.1. The van der Waals surface area contributed by atoms with Crippen LogP contribution in [0.15, 0.2) is 41.8 Å². The number of nitrogens with zero attached hydrogens (tertiary/aromatic N) is 1. The van der Waals surface area contributed by atoms with E-state index in [4.69, 9.17) is 11.6 Å². The van der Waals surface area contributed by atoms with Gasteiger partial charge in [0.25, 0.3) is 0 Å². The molecule has 0 radical (unpaired) electrons. The summed E-state index contributed by atoms with van der Waals surface area (Å²) in [6.07, 6.45) is 7.84. The van der Waals surface area contributed by atoms with Crippen molar-refractivity contribution in [2.45, 2.75) is 26.3 Å². The maximum absolute atomic E-state index is 6.55. The zero-order valence-electron chi connectivity index (χ0n) is 13.6. The monoisotopic (exact) mass is 327 g/mol. The van der Waals surface area contributed by atoms with Gasteiger partial charge in [0.05, 0.1) is 6.04 Å². The van der Waals surface area contributed by atoms with E-state index < -0.39 is 0 Å². The van der Waals surface area contributed by atoms with Crippen LogP contribution in [0.2, 0.25) is 0 Å². The molecule has 4 heteroatoms. The number of likely N-dealkylation sites (tertiary alicyclic amines) is 1. The first-order valence-electron chi connectivity index (χ1n) is 8.27. The van der Waals surface area contributed by atoms with Crippen molar-refractivity contribution in [3.05, 3.63) is 58.4 Å². The predicted molar refractivity (Wildman–Crippen MR) is 97.5 cm³/mol. The van der Waals surface area contributed by atoms with Gasteiger partial charge in [-0.1, -0.05) is 17.7 Å². The molecule has 4 rings (SSSR count). The van der Waals surface area contributed by atoms with Gasteiger partial charge in [0.2, 0.25) is 0 Å². The average Bonchev–Trinajstić information content (AvgIpc) is 2.48. The van der Waals surface area contributed by atoms with Crippen LogP contribution in [0, 0.1) is 13.8 Å². The van der Waals surface area contributed by atoms with E-state index in [2.05, 4.69) is 59.7 Å². The van der Waals surface area contributed by atoms with Crippen molar-refractivity contribution in [3.63, 3.8) is 0 Å². The van der Waals surface area contributed by atoms with Crippen molar-refractivity contribution in [2.75, 3.05) is 25.0 Å². The number of fused-ring (bicyclic) bond motifs is 1. The topological polar surface area (TPSA) is 27.3 Å². The molecule has 1 aromatic carbocycles. The Morgan fingerprint density at radius 3 is 2.57 bits per heavy atom. The molecule has 3 aliphatic rings. The Morgan fingerprint density at radius 2 is 1.91 bits per heavy atom. The van der Waals surface area contributed by atoms with Crippen LogP contribution in [0.3, 0.4) is 0 Å². The molecule has 0 bridgehead atoms. The van der Waals surface area contributed by atoms with Crippen LogP contribution in [0.4, 0.5) is 5.69 Å². The molecule has 1 fully saturated rings. The maximum Gasteiger partial charge on any atom is 0.101 e. The molecule has 0 spiro atoms. The molecule has 0 aromatic heterocycles. The number of halogens is 1. The van der Waals surface area contributed by atoms with Gasteiger partial charge in [-0.05, 0) is 61.3 Å². The molecule has 0 aliphatic carbocycles. The predicted octanol–water partition coefficient (Wildman–Crippen LogP) is 3.75. The Balaban J connectivity index is 1.60. The van der Waals surface area contributed by atoms with Crippen LogP contribution >= 0.6 is 11.6 Å². The van der Waals surface area contributed by atoms with Gasteiger partial charge < -0.3 is 15.5 Å². The number of benzene rings is 1. The van der Waals surface area contributed by atoms with Crippen LogP contribution < -0.4 is 10.6 Å². The van der Waals surface area contributed by atoms with E-state index in [1.807, 2.05) is 0 Å². The number of aryl methyl sites for hydroxylation is 2. The summed E-state index contributed by atoms with van der Waals surface area (Å²) in [4.78, 5) is 2.38. The molecule has 3 aliphatic heterocycles. The van der Waals surface area contributed by atoms with Crippen LogP contribution in [-0.4, -0.2) is 30.6 Å². The van der Waals surface area contributed by atoms with Gasteiger partial charge in [0.15, 0.2) is 0 Å². The molecule has 1 aromatic rings. The summed E-state index contributed by atoms with van der Waals surface area (Å²) >= 11 is 6.55. The third-order valence-electron chi connectivity index (χ3n) is 5.04. The number of nitrogens with one attached hydrogen (secondary N) is 2. The summed E-state index contributed by atoms with van der Waals surface area (Å²) in [5.74, 6) is 1.25. The summed E-state index contributed by atoms with van der Waals surface area (Å²) in [6, 6.07) is 4.52. The minimum atomic E-state index is 0.152.